The first-order valence-corrected chi connectivity index (χ1v) is 11.0. The van der Waals surface area contributed by atoms with Crippen LogP contribution in [0.3, 0.4) is 0 Å². The third-order valence-electron chi connectivity index (χ3n) is 9.08. The highest BCUT2D eigenvalue weighted by Gasteiger charge is 2.77. The number of carbonyl (C=O) groups excluding carboxylic acids is 1. The Balaban J connectivity index is 1.44. The van der Waals surface area contributed by atoms with Gasteiger partial charge in [-0.2, -0.15) is 0 Å². The number of carbonyl (C=O) groups is 1. The fourth-order valence-corrected chi connectivity index (χ4v) is 8.07. The van der Waals surface area contributed by atoms with Gasteiger partial charge in [-0.15, -0.1) is 0 Å². The maximum atomic E-state index is 11.9. The lowest BCUT2D eigenvalue weighted by Crippen LogP contribution is -2.65. The zero-order valence-electron chi connectivity index (χ0n) is 16.9. The van der Waals surface area contributed by atoms with Crippen molar-refractivity contribution in [2.45, 2.75) is 70.2 Å². The molecule has 2 saturated heterocycles. The Labute approximate surface area is 166 Å². The molecule has 0 aromatic carbocycles. The molecule has 0 bridgehead atoms. The van der Waals surface area contributed by atoms with Gasteiger partial charge in [-0.25, -0.2) is 0 Å². The number of hydrogen-bond donors (Lipinski definition) is 0. The lowest BCUT2D eigenvalue weighted by molar-refractivity contribution is -0.254. The summed E-state index contributed by atoms with van der Waals surface area (Å²) >= 11 is 0. The molecule has 0 radical (unpaired) electrons. The molecule has 0 aromatic rings. The van der Waals surface area contributed by atoms with Crippen molar-refractivity contribution in [1.29, 1.82) is 0 Å². The molecule has 5 heteroatoms. The van der Waals surface area contributed by atoms with E-state index in [2.05, 4.69) is 13.8 Å². The van der Waals surface area contributed by atoms with Gasteiger partial charge in [0.05, 0.1) is 0 Å². The quantitative estimate of drug-likeness (QED) is 0.632. The molecule has 6 aliphatic rings. The van der Waals surface area contributed by atoms with E-state index in [-0.39, 0.29) is 5.41 Å². The van der Waals surface area contributed by atoms with Gasteiger partial charge in [-0.1, -0.05) is 19.4 Å². The summed E-state index contributed by atoms with van der Waals surface area (Å²) in [5, 5.41) is 0. The normalized spacial score (nSPS) is 50.1. The Hall–Kier alpha value is -1.01. The van der Waals surface area contributed by atoms with Crippen molar-refractivity contribution in [2.75, 3.05) is 20.2 Å². The second kappa shape index (κ2) is 5.78. The Morgan fingerprint density at radius 2 is 1.93 bits per heavy atom. The summed E-state index contributed by atoms with van der Waals surface area (Å²) in [5.41, 5.74) is 4.07. The van der Waals surface area contributed by atoms with Crippen molar-refractivity contribution in [2.24, 2.45) is 23.2 Å². The topological polar surface area (TPSA) is 54.0 Å². The van der Waals surface area contributed by atoms with E-state index in [0.717, 1.165) is 38.5 Å². The minimum atomic E-state index is -0.752. The summed E-state index contributed by atoms with van der Waals surface area (Å²) in [4.78, 5) is 11.9. The second-order valence-corrected chi connectivity index (χ2v) is 9.95. The van der Waals surface area contributed by atoms with Crippen LogP contribution in [0.1, 0.15) is 58.8 Å². The maximum Gasteiger partial charge on any atom is 0.227 e. The molecular weight excluding hydrogens is 356 g/mol. The molecular formula is C23H30O5. The van der Waals surface area contributed by atoms with Gasteiger partial charge in [0.25, 0.3) is 0 Å². The van der Waals surface area contributed by atoms with Crippen molar-refractivity contribution in [3.8, 4) is 0 Å². The Morgan fingerprint density at radius 1 is 1.07 bits per heavy atom. The Kier molecular flexibility index (Phi) is 3.68. The predicted octanol–water partition coefficient (Wildman–Crippen LogP) is 3.88. The molecule has 4 aliphatic carbocycles. The van der Waals surface area contributed by atoms with Crippen LogP contribution in [0.2, 0.25) is 0 Å². The highest BCUT2D eigenvalue weighted by atomic mass is 16.9. The molecule has 2 spiro atoms. The third kappa shape index (κ3) is 1.95. The summed E-state index contributed by atoms with van der Waals surface area (Å²) in [6.45, 7) is 5.80. The fraction of sp³-hybridized carbons (Fsp3) is 0.783. The Bertz CT molecular complexity index is 785. The highest BCUT2D eigenvalue weighted by Crippen LogP contribution is 2.70. The Morgan fingerprint density at radius 3 is 2.75 bits per heavy atom. The SMILES string of the molecule is C[C@@H]1C[C@H]2[C@@H]3CCC4=CC(=O)CCC4=C3CC[C@]2(C)[C@]12OCOC21COCO1. The molecule has 2 saturated carbocycles. The summed E-state index contributed by atoms with van der Waals surface area (Å²) < 4.78 is 24.4. The second-order valence-electron chi connectivity index (χ2n) is 9.95. The molecule has 6 atom stereocenters. The molecule has 1 unspecified atom stereocenters. The van der Waals surface area contributed by atoms with Crippen LogP contribution in [-0.2, 0) is 23.7 Å². The molecule has 0 N–H and O–H groups in total. The first kappa shape index (κ1) is 17.8. The lowest BCUT2D eigenvalue weighted by atomic mass is 9.53. The van der Waals surface area contributed by atoms with Crippen LogP contribution in [0, 0.1) is 23.2 Å². The predicted molar refractivity (Wildman–Crippen MR) is 101 cm³/mol. The van der Waals surface area contributed by atoms with Gasteiger partial charge in [0.2, 0.25) is 5.79 Å². The molecule has 2 aliphatic heterocycles. The van der Waals surface area contributed by atoms with Gasteiger partial charge in [0, 0.05) is 11.8 Å². The zero-order chi connectivity index (χ0) is 19.1. The monoisotopic (exact) mass is 386 g/mol. The van der Waals surface area contributed by atoms with E-state index in [0.29, 0.717) is 50.2 Å². The summed E-state index contributed by atoms with van der Waals surface area (Å²) in [6, 6.07) is 0. The van der Waals surface area contributed by atoms with E-state index >= 15 is 0 Å². The molecule has 4 fully saturated rings. The van der Waals surface area contributed by atoms with Crippen molar-refractivity contribution in [1.82, 2.24) is 0 Å². The number of allylic oxidation sites excluding steroid dienone is 4. The molecule has 152 valence electrons. The molecule has 6 rings (SSSR count). The van der Waals surface area contributed by atoms with Crippen molar-refractivity contribution in [3.05, 3.63) is 22.8 Å². The maximum absolute atomic E-state index is 11.9. The van der Waals surface area contributed by atoms with Gasteiger partial charge in [0.1, 0.15) is 12.2 Å². The molecule has 5 nitrogen and oxygen atoms in total. The number of rotatable bonds is 0. The molecule has 2 heterocycles. The third-order valence-corrected chi connectivity index (χ3v) is 9.08. The van der Waals surface area contributed by atoms with Crippen LogP contribution in [0.15, 0.2) is 22.8 Å². The van der Waals surface area contributed by atoms with Gasteiger partial charge in [0.15, 0.2) is 19.4 Å². The number of ether oxygens (including phenoxy) is 4. The fourth-order valence-electron chi connectivity index (χ4n) is 8.07. The van der Waals surface area contributed by atoms with Gasteiger partial charge in [-0.3, -0.25) is 4.79 Å². The largest absolute Gasteiger partial charge is 0.350 e. The highest BCUT2D eigenvalue weighted by molar-refractivity contribution is 5.93. The lowest BCUT2D eigenvalue weighted by Gasteiger charge is -2.55. The average molecular weight is 386 g/mol. The van der Waals surface area contributed by atoms with E-state index < -0.39 is 11.4 Å². The van der Waals surface area contributed by atoms with Crippen LogP contribution >= 0.6 is 0 Å². The van der Waals surface area contributed by atoms with Gasteiger partial charge < -0.3 is 18.9 Å². The van der Waals surface area contributed by atoms with Crippen molar-refractivity contribution < 1.29 is 23.7 Å². The first-order chi connectivity index (χ1) is 13.5. The minimum Gasteiger partial charge on any atom is -0.350 e. The molecule has 28 heavy (non-hydrogen) atoms. The summed E-state index contributed by atoms with van der Waals surface area (Å²) in [7, 11) is 0. The van der Waals surface area contributed by atoms with Crippen LogP contribution < -0.4 is 0 Å². The molecule has 0 amide bonds. The van der Waals surface area contributed by atoms with E-state index in [1.807, 2.05) is 6.08 Å². The van der Waals surface area contributed by atoms with E-state index in [9.17, 15) is 4.79 Å². The summed E-state index contributed by atoms with van der Waals surface area (Å²) in [6.07, 6.45) is 9.10. The number of hydrogen-bond acceptors (Lipinski definition) is 5. The van der Waals surface area contributed by atoms with Crippen LogP contribution in [0.5, 0.6) is 0 Å². The zero-order valence-corrected chi connectivity index (χ0v) is 16.9. The van der Waals surface area contributed by atoms with E-state index in [4.69, 9.17) is 18.9 Å². The van der Waals surface area contributed by atoms with Crippen molar-refractivity contribution in [3.63, 3.8) is 0 Å². The average Bonchev–Trinajstić information content (AvgIpc) is 3.37. The number of fused-ring (bicyclic) bond motifs is 6. The van der Waals surface area contributed by atoms with E-state index in [1.165, 1.54) is 11.1 Å². The smallest absolute Gasteiger partial charge is 0.227 e. The van der Waals surface area contributed by atoms with Crippen LogP contribution in [0.25, 0.3) is 0 Å². The van der Waals surface area contributed by atoms with Crippen LogP contribution in [-0.4, -0.2) is 37.4 Å². The standard InChI is InChI=1S/C23H30O5/c1-14-9-20-19-5-3-15-10-16(24)4-6-17(15)18(19)7-8-21(20,2)23(14)22(27-13-28-23)11-25-12-26-22/h10,14,19-20H,3-9,11-13H2,1-2H3/t14-,19-,20+,21+,22?,23-/m1/s1. The van der Waals surface area contributed by atoms with E-state index in [1.54, 1.807) is 5.57 Å². The van der Waals surface area contributed by atoms with Crippen LogP contribution in [0.4, 0.5) is 0 Å². The molecule has 0 aromatic heterocycles. The van der Waals surface area contributed by atoms with Crippen molar-refractivity contribution >= 4 is 5.78 Å². The first-order valence-electron chi connectivity index (χ1n) is 11.0. The van der Waals surface area contributed by atoms with Gasteiger partial charge in [-0.05, 0) is 73.5 Å². The van der Waals surface area contributed by atoms with Gasteiger partial charge >= 0.3 is 0 Å². The number of ketones is 1. The summed E-state index contributed by atoms with van der Waals surface area (Å²) in [5.74, 6) is 1.09. The minimum absolute atomic E-state index is 0.0110.